The van der Waals surface area contributed by atoms with Gasteiger partial charge in [-0.15, -0.1) is 0 Å². The van der Waals surface area contributed by atoms with Crippen LogP contribution in [0.25, 0.3) is 10.8 Å². The Hall–Kier alpha value is -3.00. The predicted molar refractivity (Wildman–Crippen MR) is 104 cm³/mol. The number of aryl methyl sites for hydroxylation is 1. The number of rotatable bonds is 6. The van der Waals surface area contributed by atoms with Gasteiger partial charge in [-0.2, -0.15) is 0 Å². The molecule has 8 heteroatoms. The molecule has 0 unspecified atom stereocenters. The summed E-state index contributed by atoms with van der Waals surface area (Å²) >= 11 is 0. The molecular weight excluding hydrogens is 344 g/mol. The molecule has 0 saturated heterocycles. The van der Waals surface area contributed by atoms with Gasteiger partial charge >= 0.3 is 0 Å². The number of aliphatic hydroxyl groups is 1. The molecule has 0 spiro atoms. The molecule has 3 N–H and O–H groups in total. The van der Waals surface area contributed by atoms with Gasteiger partial charge in [0.25, 0.3) is 5.56 Å². The lowest BCUT2D eigenvalue weighted by Gasteiger charge is -2.41. The predicted octanol–water partition coefficient (Wildman–Crippen LogP) is 2.28. The molecule has 3 aromatic heterocycles. The molecule has 3 heterocycles. The average Bonchev–Trinajstić information content (AvgIpc) is 2.65. The summed E-state index contributed by atoms with van der Waals surface area (Å²) in [5.74, 6) is 1.62. The number of hydrogen-bond donors (Lipinski definition) is 3. The average molecular weight is 366 g/mol. The number of hydrogen-bond acceptors (Lipinski definition) is 7. The van der Waals surface area contributed by atoms with Crippen molar-refractivity contribution in [3.8, 4) is 0 Å². The second kappa shape index (κ2) is 6.96. The summed E-state index contributed by atoms with van der Waals surface area (Å²) in [6.07, 6.45) is 9.33. The van der Waals surface area contributed by atoms with E-state index in [1.165, 1.54) is 0 Å². The first kappa shape index (κ1) is 17.4. The summed E-state index contributed by atoms with van der Waals surface area (Å²) in [6, 6.07) is 3.73. The van der Waals surface area contributed by atoms with Crippen molar-refractivity contribution >= 4 is 28.2 Å². The monoisotopic (exact) mass is 366 g/mol. The Balaban J connectivity index is 1.83. The highest BCUT2D eigenvalue weighted by molar-refractivity contribution is 5.93. The third-order valence-corrected chi connectivity index (χ3v) is 5.12. The quantitative estimate of drug-likeness (QED) is 0.615. The summed E-state index contributed by atoms with van der Waals surface area (Å²) in [5.41, 5.74) is -0.506. The molecule has 0 atom stereocenters. The third-order valence-electron chi connectivity index (χ3n) is 5.12. The zero-order chi connectivity index (χ0) is 18.9. The lowest BCUT2D eigenvalue weighted by molar-refractivity contribution is 0.144. The molecule has 3 aromatic rings. The molecule has 4 rings (SSSR count). The van der Waals surface area contributed by atoms with Crippen LogP contribution in [0.15, 0.2) is 41.7 Å². The van der Waals surface area contributed by atoms with E-state index in [1.54, 1.807) is 29.4 Å². The van der Waals surface area contributed by atoms with E-state index in [0.717, 1.165) is 24.6 Å². The minimum atomic E-state index is -0.412. The Morgan fingerprint density at radius 3 is 2.78 bits per heavy atom. The molecule has 8 nitrogen and oxygen atoms in total. The van der Waals surface area contributed by atoms with Gasteiger partial charge in [-0.05, 0) is 43.7 Å². The van der Waals surface area contributed by atoms with Crippen LogP contribution in [0, 0.1) is 0 Å². The van der Waals surface area contributed by atoms with Crippen molar-refractivity contribution in [3.63, 3.8) is 0 Å². The summed E-state index contributed by atoms with van der Waals surface area (Å²) in [6.45, 7) is 2.52. The fourth-order valence-corrected chi connectivity index (χ4v) is 3.38. The zero-order valence-electron chi connectivity index (χ0n) is 15.1. The zero-order valence-corrected chi connectivity index (χ0v) is 15.1. The van der Waals surface area contributed by atoms with Crippen LogP contribution in [0.1, 0.15) is 26.2 Å². The second-order valence-electron chi connectivity index (χ2n) is 6.86. The molecule has 140 valence electrons. The highest BCUT2D eigenvalue weighted by Gasteiger charge is 2.37. The topological polar surface area (TPSA) is 105 Å². The van der Waals surface area contributed by atoms with Crippen LogP contribution in [-0.4, -0.2) is 36.8 Å². The Kier molecular flexibility index (Phi) is 4.49. The van der Waals surface area contributed by atoms with E-state index >= 15 is 0 Å². The molecule has 0 amide bonds. The van der Waals surface area contributed by atoms with Gasteiger partial charge in [-0.3, -0.25) is 9.78 Å². The molecule has 1 aliphatic rings. The highest BCUT2D eigenvalue weighted by Crippen LogP contribution is 2.36. The normalized spacial score (nSPS) is 15.3. The van der Waals surface area contributed by atoms with Gasteiger partial charge in [0.2, 0.25) is 0 Å². The van der Waals surface area contributed by atoms with Crippen molar-refractivity contribution in [2.45, 2.75) is 38.3 Å². The maximum absolute atomic E-state index is 12.9. The second-order valence-corrected chi connectivity index (χ2v) is 6.86. The van der Waals surface area contributed by atoms with Gasteiger partial charge in [-0.25, -0.2) is 9.97 Å². The number of aromatic nitrogens is 4. The fourth-order valence-electron chi connectivity index (χ4n) is 3.38. The van der Waals surface area contributed by atoms with Gasteiger partial charge in [0, 0.05) is 25.1 Å². The molecule has 0 aromatic carbocycles. The van der Waals surface area contributed by atoms with E-state index in [9.17, 15) is 9.90 Å². The maximum atomic E-state index is 12.9. The van der Waals surface area contributed by atoms with Gasteiger partial charge in [0.15, 0.2) is 0 Å². The van der Waals surface area contributed by atoms with E-state index in [0.29, 0.717) is 29.4 Å². The fraction of sp³-hybridized carbons (Fsp3) is 0.368. The molecule has 1 saturated carbocycles. The van der Waals surface area contributed by atoms with E-state index in [2.05, 4.69) is 25.6 Å². The molecule has 1 aliphatic carbocycles. The van der Waals surface area contributed by atoms with Crippen LogP contribution in [-0.2, 0) is 6.54 Å². The van der Waals surface area contributed by atoms with Gasteiger partial charge in [0.05, 0.1) is 23.7 Å². The Morgan fingerprint density at radius 2 is 2.15 bits per heavy atom. The summed E-state index contributed by atoms with van der Waals surface area (Å²) < 4.78 is 1.65. The summed E-state index contributed by atoms with van der Waals surface area (Å²) in [4.78, 5) is 25.8. The first-order valence-corrected chi connectivity index (χ1v) is 9.10. The van der Waals surface area contributed by atoms with Gasteiger partial charge in [-0.1, -0.05) is 0 Å². The Bertz CT molecular complexity index is 1010. The molecule has 27 heavy (non-hydrogen) atoms. The smallest absolute Gasteiger partial charge is 0.262 e. The summed E-state index contributed by atoms with van der Waals surface area (Å²) in [5, 5.41) is 17.6. The van der Waals surface area contributed by atoms with Crippen molar-refractivity contribution < 1.29 is 5.11 Å². The van der Waals surface area contributed by atoms with Crippen molar-refractivity contribution in [1.82, 2.24) is 19.5 Å². The third kappa shape index (κ3) is 3.23. The maximum Gasteiger partial charge on any atom is 0.262 e. The lowest BCUT2D eigenvalue weighted by atomic mass is 9.77. The van der Waals surface area contributed by atoms with Gasteiger partial charge in [0.1, 0.15) is 17.5 Å². The van der Waals surface area contributed by atoms with Crippen LogP contribution in [0.2, 0.25) is 0 Å². The van der Waals surface area contributed by atoms with Crippen LogP contribution < -0.4 is 16.2 Å². The van der Waals surface area contributed by atoms with Crippen LogP contribution in [0.3, 0.4) is 0 Å². The Morgan fingerprint density at radius 1 is 1.30 bits per heavy atom. The first-order chi connectivity index (χ1) is 13.1. The van der Waals surface area contributed by atoms with E-state index in [-0.39, 0.29) is 12.2 Å². The lowest BCUT2D eigenvalue weighted by Crippen LogP contribution is -2.48. The SMILES string of the molecule is CCn1ccc2cc(Nc3cnccn3)nc(NC3(CO)CCC3)c2c1=O. The van der Waals surface area contributed by atoms with Crippen molar-refractivity contribution in [2.24, 2.45) is 0 Å². The van der Waals surface area contributed by atoms with Crippen molar-refractivity contribution in [1.29, 1.82) is 0 Å². The molecular formula is C19H22N6O2. The van der Waals surface area contributed by atoms with Crippen LogP contribution in [0.4, 0.5) is 17.5 Å². The van der Waals surface area contributed by atoms with Gasteiger partial charge < -0.3 is 20.3 Å². The molecule has 1 fully saturated rings. The van der Waals surface area contributed by atoms with E-state index in [1.807, 2.05) is 19.1 Å². The van der Waals surface area contributed by atoms with Crippen molar-refractivity contribution in [3.05, 3.63) is 47.3 Å². The minimum Gasteiger partial charge on any atom is -0.394 e. The largest absolute Gasteiger partial charge is 0.394 e. The Labute approximate surface area is 156 Å². The minimum absolute atomic E-state index is 0.00674. The number of fused-ring (bicyclic) bond motifs is 1. The standard InChI is InChI=1S/C19H22N6O2/c1-2-25-9-4-13-10-14(22-15-11-20-7-8-21-15)23-17(16(13)18(25)27)24-19(12-26)5-3-6-19/h4,7-11,26H,2-3,5-6,12H2,1H3,(H2,21,22,23,24). The molecule has 0 aliphatic heterocycles. The van der Waals surface area contributed by atoms with Crippen LogP contribution in [0.5, 0.6) is 0 Å². The van der Waals surface area contributed by atoms with E-state index in [4.69, 9.17) is 0 Å². The first-order valence-electron chi connectivity index (χ1n) is 9.10. The number of aliphatic hydroxyl groups excluding tert-OH is 1. The molecule has 0 radical (unpaired) electrons. The number of nitrogens with zero attached hydrogens (tertiary/aromatic N) is 4. The van der Waals surface area contributed by atoms with E-state index < -0.39 is 5.54 Å². The number of pyridine rings is 2. The number of nitrogens with one attached hydrogen (secondary N) is 2. The number of anilines is 3. The molecule has 0 bridgehead atoms. The van der Waals surface area contributed by atoms with Crippen LogP contribution >= 0.6 is 0 Å². The highest BCUT2D eigenvalue weighted by atomic mass is 16.3. The summed E-state index contributed by atoms with van der Waals surface area (Å²) in [7, 11) is 0. The van der Waals surface area contributed by atoms with Crippen molar-refractivity contribution in [2.75, 3.05) is 17.2 Å².